The Bertz CT molecular complexity index is 4050. The molecule has 0 aromatic heterocycles. The van der Waals surface area contributed by atoms with Gasteiger partial charge in [0, 0.05) is 35.0 Å². The molecule has 77 heavy (non-hydrogen) atoms. The number of methoxy groups -OCH3 is 2. The molecule has 0 spiro atoms. The Morgan fingerprint density at radius 3 is 1.51 bits per heavy atom. The van der Waals surface area contributed by atoms with Crippen molar-refractivity contribution in [1.29, 1.82) is 0 Å². The molecule has 25 nitrogen and oxygen atoms in total. The lowest BCUT2D eigenvalue weighted by atomic mass is 10.1. The molecule has 0 bridgehead atoms. The number of aromatic hydroxyl groups is 1. The Morgan fingerprint density at radius 1 is 0.481 bits per heavy atom. The summed E-state index contributed by atoms with van der Waals surface area (Å²) in [5.41, 5.74) is 3.01. The van der Waals surface area contributed by atoms with E-state index < -0.39 is 78.0 Å². The maximum atomic E-state index is 12.6. The molecule has 0 aliphatic rings. The van der Waals surface area contributed by atoms with Gasteiger partial charge in [-0.1, -0.05) is 18.2 Å². The van der Waals surface area contributed by atoms with E-state index in [1.165, 1.54) is 44.6 Å². The number of nitrogens with one attached hydrogen (secondary N) is 1. The number of ether oxygens (including phenoxy) is 3. The van der Waals surface area contributed by atoms with Crippen molar-refractivity contribution in [1.82, 2.24) is 0 Å². The molecule has 0 aliphatic carbocycles. The van der Waals surface area contributed by atoms with Gasteiger partial charge in [0.25, 0.3) is 40.5 Å². The van der Waals surface area contributed by atoms with Gasteiger partial charge < -0.3 is 24.6 Å². The molecule has 7 aromatic rings. The van der Waals surface area contributed by atoms with Gasteiger partial charge >= 0.3 is 0 Å². The summed E-state index contributed by atoms with van der Waals surface area (Å²) in [7, 11) is -16.5. The molecule has 0 atom stereocenters. The zero-order valence-corrected chi connectivity index (χ0v) is 44.2. The molecule has 0 unspecified atom stereocenters. The Labute approximate surface area is 440 Å². The summed E-state index contributed by atoms with van der Waals surface area (Å²) in [5, 5.41) is 48.7. The molecular formula is C48H45N9O16S4. The average Bonchev–Trinajstić information content (AvgIpc) is 3.37. The third kappa shape index (κ3) is 14.2. The van der Waals surface area contributed by atoms with Gasteiger partial charge in [0.1, 0.15) is 55.5 Å². The molecule has 7 rings (SSSR count). The standard InChI is InChI=1S/C48H45N9O16S4/c1-27-19-37(28(2)18-36(27)51-54-39-20-29(3)38(24-44(39)73-16-9-17-74(59,60)61)53-50-35-15-13-33(75(62,63)64)23-45(35)76(65,66)67)52-55-40-25-43(72-5)41(26-42(40)71-4)56-57-47-46(77(68,69)70)22-30-21-32(12-14-34(30)48(47)58)49-31-10-7-6-8-11-31/h6-8,10-15,18-26,49,58H,9,16-17H2,1-5H3,(H,59,60,61)(H,62,63,64)(H,65,66,67)(H,68,69,70). The molecular weight excluding hydrogens is 1090 g/mol. The first kappa shape index (κ1) is 56.6. The van der Waals surface area contributed by atoms with Gasteiger partial charge in [-0.25, -0.2) is 0 Å². The summed E-state index contributed by atoms with van der Waals surface area (Å²) in [6.07, 6.45) is -0.145. The molecule has 0 fully saturated rings. The second-order valence-corrected chi connectivity index (χ2v) is 22.3. The van der Waals surface area contributed by atoms with Crippen molar-refractivity contribution >= 4 is 108 Å². The van der Waals surface area contributed by atoms with Crippen LogP contribution >= 0.6 is 0 Å². The molecule has 0 aliphatic heterocycles. The molecule has 0 amide bonds. The maximum absolute atomic E-state index is 12.6. The predicted octanol–water partition coefficient (Wildman–Crippen LogP) is 12.3. The molecule has 6 N–H and O–H groups in total. The lowest BCUT2D eigenvalue weighted by Crippen LogP contribution is -2.08. The van der Waals surface area contributed by atoms with Crippen LogP contribution in [0.5, 0.6) is 23.0 Å². The first-order valence-electron chi connectivity index (χ1n) is 22.2. The third-order valence-electron chi connectivity index (χ3n) is 11.0. The number of para-hydroxylation sites is 1. The maximum Gasteiger partial charge on any atom is 0.296 e. The normalized spacial score (nSPS) is 12.6. The number of azo groups is 4. The first-order valence-corrected chi connectivity index (χ1v) is 28.1. The van der Waals surface area contributed by atoms with Crippen LogP contribution in [0.15, 0.2) is 165 Å². The van der Waals surface area contributed by atoms with Gasteiger partial charge in [-0.15, -0.1) is 25.6 Å². The smallest absolute Gasteiger partial charge is 0.296 e. The molecule has 0 heterocycles. The van der Waals surface area contributed by atoms with Crippen molar-refractivity contribution < 1.29 is 71.2 Å². The van der Waals surface area contributed by atoms with Crippen LogP contribution in [0.25, 0.3) is 10.8 Å². The molecule has 0 saturated carbocycles. The van der Waals surface area contributed by atoms with Crippen molar-refractivity contribution in [3.05, 3.63) is 126 Å². The summed E-state index contributed by atoms with van der Waals surface area (Å²) < 4.78 is 151. The number of aryl methyl sites for hydroxylation is 3. The first-order chi connectivity index (χ1) is 36.2. The van der Waals surface area contributed by atoms with Gasteiger partial charge in [-0.3, -0.25) is 18.2 Å². The highest BCUT2D eigenvalue weighted by Crippen LogP contribution is 2.46. The van der Waals surface area contributed by atoms with E-state index in [-0.39, 0.29) is 63.8 Å². The highest BCUT2D eigenvalue weighted by molar-refractivity contribution is 7.87. The number of fused-ring (bicyclic) bond motifs is 1. The fourth-order valence-corrected chi connectivity index (χ4v) is 9.56. The van der Waals surface area contributed by atoms with E-state index in [0.29, 0.717) is 39.8 Å². The second-order valence-electron chi connectivity index (χ2n) is 16.6. The minimum atomic E-state index is -5.07. The summed E-state index contributed by atoms with van der Waals surface area (Å²) in [6.45, 7) is 4.80. The van der Waals surface area contributed by atoms with Crippen molar-refractivity contribution in [2.45, 2.75) is 41.9 Å². The monoisotopic (exact) mass is 1130 g/mol. The van der Waals surface area contributed by atoms with Crippen LogP contribution in [0.2, 0.25) is 0 Å². The average molecular weight is 1130 g/mol. The molecule has 29 heteroatoms. The Hall–Kier alpha value is -8.16. The third-order valence-corrected chi connectivity index (χ3v) is 14.4. The van der Waals surface area contributed by atoms with E-state index in [2.05, 4.69) is 46.2 Å². The topological polar surface area (TPSA) is 376 Å². The van der Waals surface area contributed by atoms with Gasteiger partial charge in [-0.2, -0.15) is 49.0 Å². The van der Waals surface area contributed by atoms with Crippen LogP contribution in [-0.2, 0) is 40.5 Å². The zero-order valence-electron chi connectivity index (χ0n) is 41.0. The predicted molar refractivity (Wildman–Crippen MR) is 281 cm³/mol. The number of phenols is 1. The second kappa shape index (κ2) is 23.0. The number of phenolic OH excluding ortho intramolecular Hbond substituents is 1. The minimum absolute atomic E-state index is 0.00181. The van der Waals surface area contributed by atoms with Gasteiger partial charge in [0.2, 0.25) is 0 Å². The Kier molecular flexibility index (Phi) is 16.9. The van der Waals surface area contributed by atoms with Crippen molar-refractivity contribution in [2.75, 3.05) is 31.9 Å². The van der Waals surface area contributed by atoms with Crippen LogP contribution in [0.4, 0.5) is 56.9 Å². The summed E-state index contributed by atoms with van der Waals surface area (Å²) >= 11 is 0. The SMILES string of the molecule is COc1cc(N=Nc2c(S(=O)(=O)O)cc3cc(Nc4ccccc4)ccc3c2O)c(OC)cc1N=Nc1cc(C)c(N=Nc2cc(C)c(N=Nc3ccc(S(=O)(=O)O)cc3S(=O)(=O)O)cc2OCCCS(=O)(=O)O)cc1C. The lowest BCUT2D eigenvalue weighted by Gasteiger charge is -2.12. The van der Waals surface area contributed by atoms with Crippen LogP contribution in [-0.4, -0.2) is 83.6 Å². The van der Waals surface area contributed by atoms with E-state index in [0.717, 1.165) is 17.8 Å². The number of rotatable bonds is 20. The number of anilines is 2. The highest BCUT2D eigenvalue weighted by atomic mass is 32.2. The highest BCUT2D eigenvalue weighted by Gasteiger charge is 2.24. The molecule has 7 aromatic carbocycles. The number of hydrogen-bond acceptors (Lipinski definition) is 21. The molecule has 0 saturated heterocycles. The van der Waals surface area contributed by atoms with Crippen LogP contribution in [0.1, 0.15) is 23.1 Å². The van der Waals surface area contributed by atoms with E-state index in [4.69, 9.17) is 14.2 Å². The van der Waals surface area contributed by atoms with E-state index in [1.807, 2.05) is 30.3 Å². The van der Waals surface area contributed by atoms with Crippen molar-refractivity contribution in [2.24, 2.45) is 40.9 Å². The van der Waals surface area contributed by atoms with Crippen LogP contribution < -0.4 is 19.5 Å². The van der Waals surface area contributed by atoms with Crippen LogP contribution in [0.3, 0.4) is 0 Å². The van der Waals surface area contributed by atoms with Gasteiger partial charge in [-0.05, 0) is 122 Å². The van der Waals surface area contributed by atoms with Crippen LogP contribution in [0, 0.1) is 20.8 Å². The summed E-state index contributed by atoms with van der Waals surface area (Å²) in [5.74, 6) is -0.971. The van der Waals surface area contributed by atoms with E-state index in [1.54, 1.807) is 51.1 Å². The zero-order chi connectivity index (χ0) is 56.0. The fraction of sp³-hybridized carbons (Fsp3) is 0.167. The lowest BCUT2D eigenvalue weighted by molar-refractivity contribution is 0.317. The minimum Gasteiger partial charge on any atom is -0.505 e. The van der Waals surface area contributed by atoms with Crippen molar-refractivity contribution in [3.8, 4) is 23.0 Å². The quantitative estimate of drug-likeness (QED) is 0.0234. The Balaban J connectivity index is 1.15. The number of nitrogens with zero attached hydrogens (tertiary/aromatic N) is 8. The summed E-state index contributed by atoms with van der Waals surface area (Å²) in [6, 6.07) is 26.4. The van der Waals surface area contributed by atoms with E-state index >= 15 is 0 Å². The van der Waals surface area contributed by atoms with Gasteiger partial charge in [0.15, 0.2) is 5.75 Å². The largest absolute Gasteiger partial charge is 0.505 e. The van der Waals surface area contributed by atoms with E-state index in [9.17, 15) is 57.0 Å². The van der Waals surface area contributed by atoms with Crippen molar-refractivity contribution in [3.63, 3.8) is 0 Å². The fourth-order valence-electron chi connectivity index (χ4n) is 7.19. The molecule has 402 valence electrons. The number of hydrogen-bond donors (Lipinski definition) is 6. The Morgan fingerprint density at radius 2 is 0.974 bits per heavy atom. The summed E-state index contributed by atoms with van der Waals surface area (Å²) in [4.78, 5) is -2.50. The number of benzene rings is 7. The molecule has 0 radical (unpaired) electrons. The van der Waals surface area contributed by atoms with Gasteiger partial charge in [0.05, 0.1) is 48.5 Å².